The molecule has 1 saturated carbocycles. The number of pyridine rings is 1. The Labute approximate surface area is 161 Å². The molecule has 0 amide bonds. The van der Waals surface area contributed by atoms with Crippen molar-refractivity contribution in [1.82, 2.24) is 15.0 Å². The molecular formula is C21H29N5O. The highest BCUT2D eigenvalue weighted by molar-refractivity contribution is 5.68. The van der Waals surface area contributed by atoms with E-state index in [-0.39, 0.29) is 0 Å². The highest BCUT2D eigenvalue weighted by Crippen LogP contribution is 2.30. The molecule has 144 valence electrons. The van der Waals surface area contributed by atoms with Crippen molar-refractivity contribution >= 4 is 11.8 Å². The van der Waals surface area contributed by atoms with E-state index in [1.807, 2.05) is 12.4 Å². The minimum absolute atomic E-state index is 0.457. The predicted octanol–water partition coefficient (Wildman–Crippen LogP) is 4.14. The van der Waals surface area contributed by atoms with Gasteiger partial charge in [-0.3, -0.25) is 0 Å². The van der Waals surface area contributed by atoms with E-state index >= 15 is 0 Å². The molecule has 3 heterocycles. The van der Waals surface area contributed by atoms with Gasteiger partial charge in [-0.25, -0.2) is 9.97 Å². The average molecular weight is 367 g/mol. The quantitative estimate of drug-likeness (QED) is 0.857. The first-order chi connectivity index (χ1) is 13.2. The van der Waals surface area contributed by atoms with Gasteiger partial charge in [0.05, 0.1) is 12.7 Å². The molecule has 4 rings (SSSR count). The maximum Gasteiger partial charge on any atom is 0.226 e. The Morgan fingerprint density at radius 3 is 2.48 bits per heavy atom. The molecule has 0 spiro atoms. The van der Waals surface area contributed by atoms with Gasteiger partial charge in [-0.2, -0.15) is 4.98 Å². The summed E-state index contributed by atoms with van der Waals surface area (Å²) in [5, 5.41) is 3.48. The molecule has 2 fully saturated rings. The van der Waals surface area contributed by atoms with E-state index in [9.17, 15) is 0 Å². The van der Waals surface area contributed by atoms with Crippen LogP contribution >= 0.6 is 0 Å². The zero-order valence-corrected chi connectivity index (χ0v) is 16.3. The van der Waals surface area contributed by atoms with Crippen LogP contribution in [0.4, 0.5) is 11.8 Å². The Bertz CT molecular complexity index is 750. The molecule has 1 saturated heterocycles. The van der Waals surface area contributed by atoms with Crippen molar-refractivity contribution in [3.63, 3.8) is 0 Å². The number of rotatable bonds is 5. The molecule has 0 unspecified atom stereocenters. The Morgan fingerprint density at radius 2 is 1.81 bits per heavy atom. The molecule has 6 heteroatoms. The van der Waals surface area contributed by atoms with Crippen LogP contribution < -0.4 is 15.0 Å². The standard InChI is InChI=1S/C21H29N5O/c1-15-5-8-17(9-6-15)24-21-23-14-18(20(25-21)27-2)16-7-10-19(22-13-16)26-11-3-4-12-26/h7,10,13-15,17H,3-6,8-9,11-12H2,1-2H3,(H,23,24,25). The number of nitrogens with zero attached hydrogens (tertiary/aromatic N) is 4. The highest BCUT2D eigenvalue weighted by atomic mass is 16.5. The van der Waals surface area contributed by atoms with Gasteiger partial charge in [0.2, 0.25) is 11.8 Å². The second kappa shape index (κ2) is 8.11. The van der Waals surface area contributed by atoms with Crippen molar-refractivity contribution in [2.24, 2.45) is 5.92 Å². The van der Waals surface area contributed by atoms with Gasteiger partial charge in [0, 0.05) is 37.1 Å². The Kier molecular flexibility index (Phi) is 5.41. The number of hydrogen-bond acceptors (Lipinski definition) is 6. The van der Waals surface area contributed by atoms with Crippen LogP contribution in [0.2, 0.25) is 0 Å². The molecule has 2 aromatic heterocycles. The second-order valence-electron chi connectivity index (χ2n) is 7.82. The molecule has 0 radical (unpaired) electrons. The fourth-order valence-corrected chi connectivity index (χ4v) is 4.06. The van der Waals surface area contributed by atoms with Crippen LogP contribution in [-0.2, 0) is 0 Å². The summed E-state index contributed by atoms with van der Waals surface area (Å²) < 4.78 is 5.55. The molecule has 1 N–H and O–H groups in total. The van der Waals surface area contributed by atoms with Gasteiger partial charge in [0.15, 0.2) is 0 Å². The van der Waals surface area contributed by atoms with E-state index in [0.29, 0.717) is 17.9 Å². The Morgan fingerprint density at radius 1 is 1.04 bits per heavy atom. The molecule has 27 heavy (non-hydrogen) atoms. The van der Waals surface area contributed by atoms with Crippen LogP contribution in [-0.4, -0.2) is 41.2 Å². The third-order valence-electron chi connectivity index (χ3n) is 5.79. The van der Waals surface area contributed by atoms with E-state index in [4.69, 9.17) is 4.74 Å². The summed E-state index contributed by atoms with van der Waals surface area (Å²) in [5.74, 6) is 3.11. The number of hydrogen-bond donors (Lipinski definition) is 1. The monoisotopic (exact) mass is 367 g/mol. The van der Waals surface area contributed by atoms with E-state index in [1.165, 1.54) is 38.5 Å². The first-order valence-corrected chi connectivity index (χ1v) is 10.1. The predicted molar refractivity (Wildman–Crippen MR) is 108 cm³/mol. The summed E-state index contributed by atoms with van der Waals surface area (Å²) in [4.78, 5) is 16.1. The maximum atomic E-state index is 5.55. The summed E-state index contributed by atoms with van der Waals surface area (Å²) in [7, 11) is 1.66. The lowest BCUT2D eigenvalue weighted by Gasteiger charge is -2.27. The third kappa shape index (κ3) is 4.15. The number of nitrogens with one attached hydrogen (secondary N) is 1. The van der Waals surface area contributed by atoms with Gasteiger partial charge in [0.1, 0.15) is 5.82 Å². The topological polar surface area (TPSA) is 63.2 Å². The van der Waals surface area contributed by atoms with Crippen LogP contribution in [0.5, 0.6) is 5.88 Å². The van der Waals surface area contributed by atoms with Crippen molar-refractivity contribution in [2.45, 2.75) is 51.5 Å². The van der Waals surface area contributed by atoms with Crippen LogP contribution in [0.3, 0.4) is 0 Å². The fourth-order valence-electron chi connectivity index (χ4n) is 4.06. The summed E-state index contributed by atoms with van der Waals surface area (Å²) >= 11 is 0. The van der Waals surface area contributed by atoms with Crippen molar-refractivity contribution in [2.75, 3.05) is 30.4 Å². The maximum absolute atomic E-state index is 5.55. The van der Waals surface area contributed by atoms with Gasteiger partial charge in [-0.15, -0.1) is 0 Å². The molecule has 1 aliphatic carbocycles. The number of anilines is 2. The van der Waals surface area contributed by atoms with Crippen molar-refractivity contribution < 1.29 is 4.74 Å². The highest BCUT2D eigenvalue weighted by Gasteiger charge is 2.20. The largest absolute Gasteiger partial charge is 0.480 e. The zero-order chi connectivity index (χ0) is 18.6. The minimum Gasteiger partial charge on any atom is -0.480 e. The van der Waals surface area contributed by atoms with E-state index in [1.54, 1.807) is 7.11 Å². The number of aromatic nitrogens is 3. The molecule has 2 aliphatic rings. The smallest absolute Gasteiger partial charge is 0.226 e. The lowest BCUT2D eigenvalue weighted by Crippen LogP contribution is -2.26. The van der Waals surface area contributed by atoms with Crippen LogP contribution in [0, 0.1) is 5.92 Å². The van der Waals surface area contributed by atoms with Gasteiger partial charge in [-0.05, 0) is 56.6 Å². The normalized spacial score (nSPS) is 22.7. The molecule has 0 atom stereocenters. The number of methoxy groups -OCH3 is 1. The SMILES string of the molecule is COc1nc(NC2CCC(C)CC2)ncc1-c1ccc(N2CCCC2)nc1. The fraction of sp³-hybridized carbons (Fsp3) is 0.571. The second-order valence-corrected chi connectivity index (χ2v) is 7.82. The lowest BCUT2D eigenvalue weighted by molar-refractivity contribution is 0.359. The number of ether oxygens (including phenoxy) is 1. The van der Waals surface area contributed by atoms with Gasteiger partial charge < -0.3 is 15.0 Å². The molecule has 6 nitrogen and oxygen atoms in total. The van der Waals surface area contributed by atoms with Crippen molar-refractivity contribution in [3.8, 4) is 17.0 Å². The van der Waals surface area contributed by atoms with E-state index < -0.39 is 0 Å². The summed E-state index contributed by atoms with van der Waals surface area (Å²) in [6.45, 7) is 4.52. The summed E-state index contributed by atoms with van der Waals surface area (Å²) in [5.41, 5.74) is 1.86. The first-order valence-electron chi connectivity index (χ1n) is 10.1. The third-order valence-corrected chi connectivity index (χ3v) is 5.79. The molecule has 1 aliphatic heterocycles. The van der Waals surface area contributed by atoms with Crippen LogP contribution in [0.1, 0.15) is 45.4 Å². The summed E-state index contributed by atoms with van der Waals surface area (Å²) in [6, 6.07) is 4.62. The van der Waals surface area contributed by atoms with Gasteiger partial charge >= 0.3 is 0 Å². The molecule has 2 aromatic rings. The first kappa shape index (κ1) is 18.0. The Hall–Kier alpha value is -2.37. The van der Waals surface area contributed by atoms with Crippen LogP contribution in [0.15, 0.2) is 24.5 Å². The Balaban J connectivity index is 1.49. The van der Waals surface area contributed by atoms with Crippen molar-refractivity contribution in [3.05, 3.63) is 24.5 Å². The van der Waals surface area contributed by atoms with Crippen molar-refractivity contribution in [1.29, 1.82) is 0 Å². The van der Waals surface area contributed by atoms with E-state index in [2.05, 4.69) is 44.2 Å². The minimum atomic E-state index is 0.457. The van der Waals surface area contributed by atoms with E-state index in [0.717, 1.165) is 36.0 Å². The van der Waals surface area contributed by atoms with Gasteiger partial charge in [-0.1, -0.05) is 6.92 Å². The average Bonchev–Trinajstić information content (AvgIpc) is 3.25. The molecule has 0 bridgehead atoms. The molecule has 0 aromatic carbocycles. The molecular weight excluding hydrogens is 338 g/mol. The zero-order valence-electron chi connectivity index (χ0n) is 16.3. The van der Waals surface area contributed by atoms with Crippen LogP contribution in [0.25, 0.3) is 11.1 Å². The summed E-state index contributed by atoms with van der Waals surface area (Å²) in [6.07, 6.45) is 11.1. The lowest BCUT2D eigenvalue weighted by atomic mass is 9.87. The van der Waals surface area contributed by atoms with Gasteiger partial charge in [0.25, 0.3) is 0 Å².